The van der Waals surface area contributed by atoms with E-state index >= 15 is 13.2 Å². The van der Waals surface area contributed by atoms with Crippen LogP contribution in [0.2, 0.25) is 0 Å². The Labute approximate surface area is 371 Å². The van der Waals surface area contributed by atoms with Gasteiger partial charge in [-0.05, 0) is 92.5 Å². The number of imide groups is 1. The Balaban J connectivity index is 0.846. The van der Waals surface area contributed by atoms with E-state index < -0.39 is 45.4 Å². The first kappa shape index (κ1) is 44.1. The third kappa shape index (κ3) is 8.17. The molecule has 2 N–H and O–H groups in total. The molecule has 65 heavy (non-hydrogen) atoms. The fourth-order valence-electron chi connectivity index (χ4n) is 9.75. The number of alkyl halides is 1. The van der Waals surface area contributed by atoms with Crippen molar-refractivity contribution >= 4 is 55.5 Å². The van der Waals surface area contributed by atoms with Gasteiger partial charge in [0.25, 0.3) is 5.56 Å². The van der Waals surface area contributed by atoms with Gasteiger partial charge in [0.05, 0.1) is 46.7 Å². The van der Waals surface area contributed by atoms with Crippen molar-refractivity contribution in [2.75, 3.05) is 49.5 Å². The number of piperidine rings is 1. The molecular formula is C44H47F3N10O7S. The highest BCUT2D eigenvalue weighted by molar-refractivity contribution is 7.90. The van der Waals surface area contributed by atoms with E-state index in [1.54, 1.807) is 24.7 Å². The van der Waals surface area contributed by atoms with Gasteiger partial charge in [0.2, 0.25) is 5.91 Å². The summed E-state index contributed by atoms with van der Waals surface area (Å²) in [7, 11) is -0.993. The van der Waals surface area contributed by atoms with Crippen LogP contribution in [0.1, 0.15) is 75.0 Å². The van der Waals surface area contributed by atoms with E-state index in [4.69, 9.17) is 9.47 Å². The minimum absolute atomic E-state index is 0.0283. The van der Waals surface area contributed by atoms with E-state index in [-0.39, 0.29) is 90.2 Å². The molecule has 4 aliphatic rings. The number of rotatable bonds is 10. The third-order valence-electron chi connectivity index (χ3n) is 13.5. The molecule has 0 radical (unpaired) electrons. The van der Waals surface area contributed by atoms with E-state index in [0.29, 0.717) is 67.2 Å². The molecule has 21 heteroatoms. The van der Waals surface area contributed by atoms with E-state index in [9.17, 15) is 28.1 Å². The van der Waals surface area contributed by atoms with Gasteiger partial charge in [-0.15, -0.1) is 0 Å². The molecule has 4 fully saturated rings. The topological polar surface area (TPSA) is 197 Å². The zero-order chi connectivity index (χ0) is 45.9. The number of carbonyl (C=O) groups excluding carboxylic acids is 2. The van der Waals surface area contributed by atoms with E-state index in [1.807, 2.05) is 6.07 Å². The highest BCUT2D eigenvalue weighted by Gasteiger charge is 2.46. The molecule has 1 spiro atoms. The SMILES string of the molecule is CCN(C)S(=O)(=O)Nc1ccc(F)c(Oc2ccc3ncn([C@H]4COC5(CCN(C6CCC(c7cc8c(cc7F)c(N7CCC(=O)NC7=O)nn8C)CC6F)CC5)C4)c(=O)c3c2)c1C#N. The van der Waals surface area contributed by atoms with Crippen molar-refractivity contribution in [1.82, 2.24) is 33.9 Å². The van der Waals surface area contributed by atoms with Gasteiger partial charge in [-0.1, -0.05) is 6.92 Å². The number of amides is 3. The second kappa shape index (κ2) is 17.0. The fourth-order valence-corrected chi connectivity index (χ4v) is 10.7. The number of aryl methyl sites for hydroxylation is 1. The summed E-state index contributed by atoms with van der Waals surface area (Å²) >= 11 is 0. The van der Waals surface area contributed by atoms with Crippen molar-refractivity contribution in [2.45, 2.75) is 81.6 Å². The Morgan fingerprint density at radius 1 is 1.06 bits per heavy atom. The predicted molar refractivity (Wildman–Crippen MR) is 233 cm³/mol. The van der Waals surface area contributed by atoms with Crippen LogP contribution in [0.15, 0.2) is 53.6 Å². The Morgan fingerprint density at radius 2 is 1.85 bits per heavy atom. The molecule has 5 heterocycles. The van der Waals surface area contributed by atoms with E-state index in [0.717, 1.165) is 16.4 Å². The number of carbonyl (C=O) groups is 2. The molecule has 2 aromatic heterocycles. The first-order valence-electron chi connectivity index (χ1n) is 21.5. The number of halogens is 3. The molecule has 4 atom stereocenters. The monoisotopic (exact) mass is 916 g/mol. The molecule has 3 aromatic carbocycles. The molecule has 3 saturated heterocycles. The number of hydrogen-bond acceptors (Lipinski definition) is 11. The van der Waals surface area contributed by atoms with Crippen LogP contribution in [0.25, 0.3) is 21.8 Å². The number of nitrogens with one attached hydrogen (secondary N) is 2. The van der Waals surface area contributed by atoms with Crippen molar-refractivity contribution in [3.8, 4) is 17.6 Å². The van der Waals surface area contributed by atoms with Gasteiger partial charge in [0.1, 0.15) is 29.4 Å². The fraction of sp³-hybridized carbons (Fsp3) is 0.455. The van der Waals surface area contributed by atoms with Gasteiger partial charge in [0.15, 0.2) is 17.4 Å². The number of ether oxygens (including phenoxy) is 2. The van der Waals surface area contributed by atoms with Crippen molar-refractivity contribution in [3.05, 3.63) is 81.9 Å². The number of anilines is 2. The van der Waals surface area contributed by atoms with Crippen LogP contribution in [0, 0.1) is 23.0 Å². The van der Waals surface area contributed by atoms with Gasteiger partial charge >= 0.3 is 16.2 Å². The number of benzene rings is 3. The molecule has 1 saturated carbocycles. The number of hydrogen-bond donors (Lipinski definition) is 2. The predicted octanol–water partition coefficient (Wildman–Crippen LogP) is 5.75. The van der Waals surface area contributed by atoms with Crippen molar-refractivity contribution in [2.24, 2.45) is 7.05 Å². The minimum atomic E-state index is -4.04. The van der Waals surface area contributed by atoms with E-state index in [1.165, 1.54) is 47.1 Å². The Hall–Kier alpha value is -6.08. The maximum atomic E-state index is 16.2. The number of likely N-dealkylation sites (tertiary alicyclic amines) is 1. The Kier molecular flexibility index (Phi) is 11.6. The number of urea groups is 1. The second-order valence-electron chi connectivity index (χ2n) is 17.2. The van der Waals surface area contributed by atoms with Gasteiger partial charge < -0.3 is 9.47 Å². The smallest absolute Gasteiger partial charge is 0.329 e. The number of nitriles is 1. The van der Waals surface area contributed by atoms with E-state index in [2.05, 4.69) is 25.0 Å². The summed E-state index contributed by atoms with van der Waals surface area (Å²) in [6.45, 7) is 3.34. The first-order valence-corrected chi connectivity index (χ1v) is 23.0. The maximum absolute atomic E-state index is 16.2. The summed E-state index contributed by atoms with van der Waals surface area (Å²) in [5, 5.41) is 17.3. The standard InChI is InChI=1S/C44H47F3N10O7S/c1-4-53(2)65(61,62)52-36-9-7-32(45)40(31(36)22-48)64-27-6-8-35-29(18-27)42(59)57(24-49-35)26-21-44(63-23-26)12-15-55(16-13-44)37-10-5-25(17-34(37)47)28-20-38-30(19-33(28)46)41(51-54(38)3)56-14-11-39(58)50-43(56)60/h6-9,18-20,24-26,34,37,52H,4-5,10-17,21,23H2,1-3H3,(H,50,58,60)/t25?,26-,34?,37?/m1/s1. The van der Waals surface area contributed by atoms with Crippen LogP contribution in [0.5, 0.6) is 11.5 Å². The van der Waals surface area contributed by atoms with Gasteiger partial charge in [-0.25, -0.2) is 22.9 Å². The molecule has 17 nitrogen and oxygen atoms in total. The maximum Gasteiger partial charge on any atom is 0.329 e. The highest BCUT2D eigenvalue weighted by Crippen LogP contribution is 2.44. The molecular weight excluding hydrogens is 870 g/mol. The van der Waals surface area contributed by atoms with Gasteiger partial charge in [-0.3, -0.25) is 38.7 Å². The summed E-state index contributed by atoms with van der Waals surface area (Å²) < 4.78 is 91.1. The molecule has 342 valence electrons. The molecule has 3 unspecified atom stereocenters. The van der Waals surface area contributed by atoms with Crippen LogP contribution < -0.4 is 25.2 Å². The molecule has 5 aromatic rings. The van der Waals surface area contributed by atoms with Gasteiger partial charge in [0, 0.05) is 58.1 Å². The quantitative estimate of drug-likeness (QED) is 0.173. The lowest BCUT2D eigenvalue weighted by molar-refractivity contribution is -0.120. The summed E-state index contributed by atoms with van der Waals surface area (Å²) in [6, 6.07) is 10.1. The van der Waals surface area contributed by atoms with Crippen molar-refractivity contribution in [1.29, 1.82) is 5.26 Å². The second-order valence-corrected chi connectivity index (χ2v) is 19.0. The Morgan fingerprint density at radius 3 is 2.57 bits per heavy atom. The minimum Gasteiger partial charge on any atom is -0.453 e. The van der Waals surface area contributed by atoms with Crippen LogP contribution in [0.3, 0.4) is 0 Å². The average Bonchev–Trinajstić information content (AvgIpc) is 3.84. The zero-order valence-electron chi connectivity index (χ0n) is 35.9. The van der Waals surface area contributed by atoms with Crippen LogP contribution in [0.4, 0.5) is 29.5 Å². The summed E-state index contributed by atoms with van der Waals surface area (Å²) in [5.74, 6) is -2.37. The van der Waals surface area contributed by atoms with Crippen LogP contribution >= 0.6 is 0 Å². The molecule has 9 rings (SSSR count). The number of aromatic nitrogens is 4. The van der Waals surface area contributed by atoms with Crippen molar-refractivity contribution in [3.63, 3.8) is 0 Å². The lowest BCUT2D eigenvalue weighted by atomic mass is 9.78. The average molecular weight is 917 g/mol. The summed E-state index contributed by atoms with van der Waals surface area (Å²) in [5.41, 5.74) is -0.0941. The van der Waals surface area contributed by atoms with Crippen molar-refractivity contribution < 1.29 is 40.7 Å². The third-order valence-corrected chi connectivity index (χ3v) is 15.0. The summed E-state index contributed by atoms with van der Waals surface area (Å²) in [4.78, 5) is 46.2. The molecule has 3 amide bonds. The molecule has 0 bridgehead atoms. The molecule has 3 aliphatic heterocycles. The Bertz CT molecular complexity index is 2950. The number of nitrogens with zero attached hydrogens (tertiary/aromatic N) is 8. The van der Waals surface area contributed by atoms with Crippen LogP contribution in [-0.2, 0) is 26.8 Å². The summed E-state index contributed by atoms with van der Waals surface area (Å²) in [6.07, 6.45) is 3.42. The lowest BCUT2D eigenvalue weighted by Gasteiger charge is -2.45. The largest absolute Gasteiger partial charge is 0.453 e. The molecule has 1 aliphatic carbocycles. The first-order chi connectivity index (χ1) is 31.1. The van der Waals surface area contributed by atoms with Gasteiger partial charge in [-0.2, -0.15) is 23.1 Å². The highest BCUT2D eigenvalue weighted by atomic mass is 32.2. The van der Waals surface area contributed by atoms with Crippen LogP contribution in [-0.4, -0.2) is 107 Å². The zero-order valence-corrected chi connectivity index (χ0v) is 36.7. The normalized spacial score (nSPS) is 22.8. The lowest BCUT2D eigenvalue weighted by Crippen LogP contribution is -2.52. The number of fused-ring (bicyclic) bond motifs is 2.